The van der Waals surface area contributed by atoms with Crippen LogP contribution in [0.15, 0.2) is 0 Å². The van der Waals surface area contributed by atoms with Gasteiger partial charge in [0, 0.05) is 0 Å². The Morgan fingerprint density at radius 1 is 1.67 bits per heavy atom. The van der Waals surface area contributed by atoms with Crippen LogP contribution in [-0.2, 0) is 4.79 Å². The molecule has 0 unspecified atom stereocenters. The number of carbonyl (C=O) groups is 1. The van der Waals surface area contributed by atoms with Crippen LogP contribution >= 0.6 is 0 Å². The van der Waals surface area contributed by atoms with Crippen molar-refractivity contribution >= 4 is 5.78 Å². The number of ketones is 1. The maximum atomic E-state index is 11.8. The second-order valence-corrected chi connectivity index (χ2v) is 1.82. The highest BCUT2D eigenvalue weighted by atomic mass is 16.4. The van der Waals surface area contributed by atoms with E-state index in [9.17, 15) is 9.90 Å². The molecule has 6 heteroatoms. The predicted molar refractivity (Wildman–Crippen MR) is 37.2 cm³/mol. The molecule has 0 fully saturated rings. The van der Waals surface area contributed by atoms with Gasteiger partial charge in [-0.15, -0.1) is 0 Å². The van der Waals surface area contributed by atoms with Gasteiger partial charge in [-0.3, -0.25) is 4.79 Å². The summed E-state index contributed by atoms with van der Waals surface area (Å²) in [4.78, 5) is 11.8. The summed E-state index contributed by atoms with van der Waals surface area (Å²) in [6.07, 6.45) is -9.20. The number of Topliss-reactive ketones (excluding diaryl/α,β-unsaturated/α-hetero) is 1. The molecule has 0 amide bonds. The lowest BCUT2D eigenvalue weighted by atomic mass is 10.1. The van der Waals surface area contributed by atoms with Crippen LogP contribution in [0.5, 0.6) is 0 Å². The molecule has 0 bridgehead atoms. The van der Waals surface area contributed by atoms with E-state index >= 15 is 0 Å². The third-order valence-electron chi connectivity index (χ3n) is 0.998. The molecular weight excluding hydrogens is 168 g/mol. The lowest BCUT2D eigenvalue weighted by Gasteiger charge is -2.16. The SMILES string of the molecule is [2H]OC([2H])([2H])[C@]([2H])(O[2H])C(=O)[C@]([2H])(O[2H])[C@H](O)CO. The molecule has 3 atom stereocenters. The number of hydrogen-bond donors (Lipinski definition) is 5. The molecule has 0 aromatic rings. The largest absolute Gasteiger partial charge is 0.394 e. The van der Waals surface area contributed by atoms with E-state index in [2.05, 4.69) is 15.3 Å². The minimum Gasteiger partial charge on any atom is -0.394 e. The fraction of sp³-hybridized carbons (Fsp3) is 0.833. The van der Waals surface area contributed by atoms with Crippen LogP contribution in [0.25, 0.3) is 0 Å². The van der Waals surface area contributed by atoms with Crippen molar-refractivity contribution in [3.8, 4) is 0 Å². The first-order valence-electron chi connectivity index (χ1n) is 6.06. The third-order valence-corrected chi connectivity index (χ3v) is 0.998. The summed E-state index contributed by atoms with van der Waals surface area (Å²) >= 11 is 0. The zero-order valence-corrected chi connectivity index (χ0v) is 5.81. The van der Waals surface area contributed by atoms with E-state index in [4.69, 9.17) is 14.9 Å². The second-order valence-electron chi connectivity index (χ2n) is 1.82. The van der Waals surface area contributed by atoms with E-state index in [1.54, 1.807) is 0 Å². The fourth-order valence-corrected chi connectivity index (χ4v) is 0.392. The Bertz CT molecular complexity index is 329. The molecule has 0 aromatic heterocycles. The van der Waals surface area contributed by atoms with E-state index in [1.165, 1.54) is 0 Å². The number of hydrogen-bond acceptors (Lipinski definition) is 6. The van der Waals surface area contributed by atoms with E-state index in [-0.39, 0.29) is 0 Å². The summed E-state index contributed by atoms with van der Waals surface area (Å²) in [5.41, 5.74) is 0. The minimum absolute atomic E-state index is 1.22. The topological polar surface area (TPSA) is 118 Å². The zero-order chi connectivity index (χ0) is 15.5. The van der Waals surface area contributed by atoms with Gasteiger partial charge in [-0.25, -0.2) is 0 Å². The van der Waals surface area contributed by atoms with Crippen molar-refractivity contribution < 1.29 is 35.8 Å². The molecule has 12 heavy (non-hydrogen) atoms. The van der Waals surface area contributed by atoms with E-state index in [0.717, 1.165) is 0 Å². The van der Waals surface area contributed by atoms with E-state index in [1.807, 2.05) is 0 Å². The maximum absolute atomic E-state index is 11.8. The fourth-order valence-electron chi connectivity index (χ4n) is 0.392. The molecular formula is C6H12O6. The van der Waals surface area contributed by atoms with Gasteiger partial charge in [0.15, 0.2) is 5.78 Å². The summed E-state index contributed by atoms with van der Waals surface area (Å²) in [5, 5.41) is 28.5. The van der Waals surface area contributed by atoms with Gasteiger partial charge >= 0.3 is 0 Å². The number of aliphatic hydroxyl groups is 5. The molecule has 0 rings (SSSR count). The van der Waals surface area contributed by atoms with Crippen molar-refractivity contribution in [3.63, 3.8) is 0 Å². The molecule has 6 nitrogen and oxygen atoms in total. The number of carbonyl (C=O) groups excluding carboxylic acids is 1. The summed E-state index contributed by atoms with van der Waals surface area (Å²) < 4.78 is 48.3. The van der Waals surface area contributed by atoms with Crippen molar-refractivity contribution in [2.75, 3.05) is 13.2 Å². The van der Waals surface area contributed by atoms with Gasteiger partial charge in [-0.05, 0) is 0 Å². The highest BCUT2D eigenvalue weighted by Gasteiger charge is 2.28. The van der Waals surface area contributed by atoms with Gasteiger partial charge in [0.1, 0.15) is 18.3 Å². The van der Waals surface area contributed by atoms with Crippen molar-refractivity contribution in [1.82, 2.24) is 0 Å². The average molecular weight is 187 g/mol. The Labute approximate surface area is 78.8 Å². The molecule has 0 aliphatic carbocycles. The van der Waals surface area contributed by atoms with Crippen LogP contribution in [-0.4, -0.2) is 67.0 Å². The van der Waals surface area contributed by atoms with Crippen molar-refractivity contribution in [3.05, 3.63) is 0 Å². The van der Waals surface area contributed by atoms with Crippen LogP contribution in [0, 0.1) is 0 Å². The molecule has 0 heterocycles. The van der Waals surface area contributed by atoms with Gasteiger partial charge in [-0.1, -0.05) is 0 Å². The summed E-state index contributed by atoms with van der Waals surface area (Å²) in [7, 11) is 0. The van der Waals surface area contributed by atoms with Gasteiger partial charge in [0.05, 0.1) is 18.6 Å². The van der Waals surface area contributed by atoms with Crippen LogP contribution in [0.4, 0.5) is 0 Å². The molecule has 0 radical (unpaired) electrons. The highest BCUT2D eigenvalue weighted by molar-refractivity contribution is 5.87. The lowest BCUT2D eigenvalue weighted by molar-refractivity contribution is -0.144. The first-order chi connectivity index (χ1) is 8.57. The normalized spacial score (nSPS) is 33.0. The van der Waals surface area contributed by atoms with Crippen molar-refractivity contribution in [2.24, 2.45) is 0 Å². The Morgan fingerprint density at radius 3 is 2.83 bits per heavy atom. The van der Waals surface area contributed by atoms with Gasteiger partial charge in [-0.2, -0.15) is 0 Å². The molecule has 72 valence electrons. The average Bonchev–Trinajstić information content (AvgIpc) is 2.43. The van der Waals surface area contributed by atoms with E-state index < -0.39 is 37.2 Å². The van der Waals surface area contributed by atoms with Crippen LogP contribution < -0.4 is 0 Å². The molecule has 0 saturated heterocycles. The molecule has 0 aliphatic heterocycles. The quantitative estimate of drug-likeness (QED) is 0.270. The first-order valence-corrected chi connectivity index (χ1v) is 2.84. The van der Waals surface area contributed by atoms with Crippen LogP contribution in [0.2, 0.25) is 0 Å². The monoisotopic (exact) mass is 187 g/mol. The Morgan fingerprint density at radius 2 is 2.42 bits per heavy atom. The van der Waals surface area contributed by atoms with Crippen LogP contribution in [0.3, 0.4) is 0 Å². The summed E-state index contributed by atoms with van der Waals surface area (Å²) in [6.45, 7) is -4.71. The van der Waals surface area contributed by atoms with Gasteiger partial charge in [0.2, 0.25) is 4.29 Å². The van der Waals surface area contributed by atoms with Gasteiger partial charge in [0.25, 0.3) is 0 Å². The molecule has 0 aliphatic rings. The number of rotatable bonds is 8. The smallest absolute Gasteiger partial charge is 0.211 e. The highest BCUT2D eigenvalue weighted by Crippen LogP contribution is 1.98. The predicted octanol–water partition coefficient (Wildman–Crippen LogP) is -3.38. The minimum atomic E-state index is -3.59. The summed E-state index contributed by atoms with van der Waals surface area (Å²) in [6, 6.07) is 0. The molecule has 5 N–H and O–H groups in total. The van der Waals surface area contributed by atoms with Crippen molar-refractivity contribution in [1.29, 1.82) is 4.29 Å². The standard InChI is InChI=1S/C6H12O6/c7-1-3(9)5(11)6(12)4(10)2-8/h3-5,7-11H,1-2H2/t3-,4+,5-/m1/s1/i2D2,4D,5D,8D,10D,11D. The van der Waals surface area contributed by atoms with E-state index in [0.29, 0.717) is 0 Å². The Balaban J connectivity index is 5.69. The molecule has 0 aromatic carbocycles. The lowest BCUT2D eigenvalue weighted by Crippen LogP contribution is -2.43. The Hall–Kier alpha value is -0.530. The molecule has 0 spiro atoms. The second kappa shape index (κ2) is 5.18. The first kappa shape index (κ1) is 4.12. The van der Waals surface area contributed by atoms with Crippen molar-refractivity contribution in [2.45, 2.75) is 18.3 Å². The molecule has 0 saturated carbocycles. The van der Waals surface area contributed by atoms with Gasteiger partial charge < -0.3 is 25.5 Å². The Kier molecular flexibility index (Phi) is 1.78. The zero-order valence-electron chi connectivity index (χ0n) is 12.8. The number of aliphatic hydroxyl groups excluding tert-OH is 2. The summed E-state index contributed by atoms with van der Waals surface area (Å²) in [5.74, 6) is -2.04. The van der Waals surface area contributed by atoms with Crippen LogP contribution in [0.1, 0.15) is 5.48 Å². The maximum Gasteiger partial charge on any atom is 0.211 e. The third kappa shape index (κ3) is 2.84.